The summed E-state index contributed by atoms with van der Waals surface area (Å²) in [6, 6.07) is 0.410. The average molecular weight is 154 g/mol. The average Bonchev–Trinajstić information content (AvgIpc) is 2.03. The molecule has 0 aromatic heterocycles. The van der Waals surface area contributed by atoms with E-state index >= 15 is 0 Å². The van der Waals surface area contributed by atoms with Gasteiger partial charge in [0.05, 0.1) is 0 Å². The Morgan fingerprint density at radius 3 is 3.09 bits per heavy atom. The predicted octanol–water partition coefficient (Wildman–Crippen LogP) is -0.00730. The maximum Gasteiger partial charge on any atom is 0.246 e. The SMILES string of the molecule is C=CC(=O)N1CCN[C@H](C)C1. The smallest absolute Gasteiger partial charge is 0.246 e. The van der Waals surface area contributed by atoms with Gasteiger partial charge in [-0.05, 0) is 13.0 Å². The van der Waals surface area contributed by atoms with Crippen LogP contribution in [0, 0.1) is 0 Å². The van der Waals surface area contributed by atoms with E-state index < -0.39 is 0 Å². The Labute approximate surface area is 67.1 Å². The molecule has 1 heterocycles. The topological polar surface area (TPSA) is 32.3 Å². The lowest BCUT2D eigenvalue weighted by atomic mass is 10.2. The van der Waals surface area contributed by atoms with E-state index in [4.69, 9.17) is 0 Å². The highest BCUT2D eigenvalue weighted by molar-refractivity contribution is 5.87. The maximum absolute atomic E-state index is 11.1. The zero-order chi connectivity index (χ0) is 8.27. The summed E-state index contributed by atoms with van der Waals surface area (Å²) in [5, 5.41) is 3.26. The van der Waals surface area contributed by atoms with E-state index in [1.165, 1.54) is 6.08 Å². The molecule has 1 rings (SSSR count). The largest absolute Gasteiger partial charge is 0.336 e. The molecule has 1 N–H and O–H groups in total. The number of piperazine rings is 1. The first-order chi connectivity index (χ1) is 5.24. The van der Waals surface area contributed by atoms with Gasteiger partial charge in [0.25, 0.3) is 0 Å². The third-order valence-corrected chi connectivity index (χ3v) is 1.86. The highest BCUT2D eigenvalue weighted by Crippen LogP contribution is 1.98. The molecule has 0 radical (unpaired) electrons. The second-order valence-electron chi connectivity index (χ2n) is 2.84. The van der Waals surface area contributed by atoms with E-state index in [2.05, 4.69) is 18.8 Å². The molecule has 1 aliphatic heterocycles. The number of nitrogens with one attached hydrogen (secondary N) is 1. The van der Waals surface area contributed by atoms with E-state index in [1.54, 1.807) is 0 Å². The summed E-state index contributed by atoms with van der Waals surface area (Å²) in [5.74, 6) is 0.0401. The molecule has 0 spiro atoms. The predicted molar refractivity (Wildman–Crippen MR) is 44.2 cm³/mol. The quantitative estimate of drug-likeness (QED) is 0.539. The number of carbonyl (C=O) groups excluding carboxylic acids is 1. The molecule has 1 amide bonds. The lowest BCUT2D eigenvalue weighted by molar-refractivity contribution is -0.127. The molecule has 1 aliphatic rings. The third kappa shape index (κ3) is 2.05. The highest BCUT2D eigenvalue weighted by Gasteiger charge is 2.17. The molecule has 62 valence electrons. The summed E-state index contributed by atoms with van der Waals surface area (Å²) >= 11 is 0. The van der Waals surface area contributed by atoms with Gasteiger partial charge in [-0.3, -0.25) is 4.79 Å². The van der Waals surface area contributed by atoms with Crippen LogP contribution in [0.1, 0.15) is 6.92 Å². The van der Waals surface area contributed by atoms with Gasteiger partial charge in [-0.25, -0.2) is 0 Å². The zero-order valence-electron chi connectivity index (χ0n) is 6.84. The van der Waals surface area contributed by atoms with Gasteiger partial charge in [0.2, 0.25) is 5.91 Å². The van der Waals surface area contributed by atoms with Gasteiger partial charge < -0.3 is 10.2 Å². The van der Waals surface area contributed by atoms with Gasteiger partial charge in [0.1, 0.15) is 0 Å². The van der Waals surface area contributed by atoms with Crippen molar-refractivity contribution in [1.82, 2.24) is 10.2 Å². The molecule has 0 aliphatic carbocycles. The molecular formula is C8H14N2O. The molecule has 3 heteroatoms. The van der Waals surface area contributed by atoms with Crippen molar-refractivity contribution in [3.63, 3.8) is 0 Å². The fourth-order valence-electron chi connectivity index (χ4n) is 1.26. The molecule has 0 aromatic carbocycles. The van der Waals surface area contributed by atoms with Crippen LogP contribution in [0.25, 0.3) is 0 Å². The summed E-state index contributed by atoms with van der Waals surface area (Å²) < 4.78 is 0. The summed E-state index contributed by atoms with van der Waals surface area (Å²) in [7, 11) is 0. The standard InChI is InChI=1S/C8H14N2O/c1-3-8(11)10-5-4-9-7(2)6-10/h3,7,9H,1,4-6H2,2H3/t7-/m1/s1. The lowest BCUT2D eigenvalue weighted by Gasteiger charge is -2.30. The Balaban J connectivity index is 2.45. The van der Waals surface area contributed by atoms with Crippen molar-refractivity contribution < 1.29 is 4.79 Å². The summed E-state index contributed by atoms with van der Waals surface area (Å²) in [6.07, 6.45) is 1.37. The van der Waals surface area contributed by atoms with Crippen molar-refractivity contribution in [2.45, 2.75) is 13.0 Å². The Morgan fingerprint density at radius 2 is 2.55 bits per heavy atom. The summed E-state index contributed by atoms with van der Waals surface area (Å²) in [4.78, 5) is 12.9. The minimum Gasteiger partial charge on any atom is -0.336 e. The summed E-state index contributed by atoms with van der Waals surface area (Å²) in [6.45, 7) is 8.01. The van der Waals surface area contributed by atoms with E-state index in [1.807, 2.05) is 4.90 Å². The van der Waals surface area contributed by atoms with Crippen molar-refractivity contribution in [3.05, 3.63) is 12.7 Å². The fourth-order valence-corrected chi connectivity index (χ4v) is 1.26. The fraction of sp³-hybridized carbons (Fsp3) is 0.625. The van der Waals surface area contributed by atoms with Crippen molar-refractivity contribution in [3.8, 4) is 0 Å². The molecule has 3 nitrogen and oxygen atoms in total. The van der Waals surface area contributed by atoms with E-state index in [0.717, 1.165) is 19.6 Å². The van der Waals surface area contributed by atoms with Gasteiger partial charge in [0.15, 0.2) is 0 Å². The van der Waals surface area contributed by atoms with Crippen molar-refractivity contribution in [1.29, 1.82) is 0 Å². The van der Waals surface area contributed by atoms with Crippen molar-refractivity contribution in [2.24, 2.45) is 0 Å². The number of nitrogens with zero attached hydrogens (tertiary/aromatic N) is 1. The van der Waals surface area contributed by atoms with E-state index in [9.17, 15) is 4.79 Å². The number of rotatable bonds is 1. The first-order valence-electron chi connectivity index (χ1n) is 3.88. The first kappa shape index (κ1) is 8.27. The minimum atomic E-state index is 0.0401. The van der Waals surface area contributed by atoms with E-state index in [-0.39, 0.29) is 5.91 Å². The Hall–Kier alpha value is -0.830. The Morgan fingerprint density at radius 1 is 1.82 bits per heavy atom. The van der Waals surface area contributed by atoms with Gasteiger partial charge in [-0.1, -0.05) is 6.58 Å². The van der Waals surface area contributed by atoms with E-state index in [0.29, 0.717) is 6.04 Å². The Kier molecular flexibility index (Phi) is 2.65. The van der Waals surface area contributed by atoms with Crippen LogP contribution in [0.4, 0.5) is 0 Å². The number of carbonyl (C=O) groups is 1. The van der Waals surface area contributed by atoms with Gasteiger partial charge >= 0.3 is 0 Å². The van der Waals surface area contributed by atoms with Crippen molar-refractivity contribution >= 4 is 5.91 Å². The van der Waals surface area contributed by atoms with Crippen LogP contribution in [0.3, 0.4) is 0 Å². The van der Waals surface area contributed by atoms with Crippen molar-refractivity contribution in [2.75, 3.05) is 19.6 Å². The normalized spacial score (nSPS) is 24.8. The van der Waals surface area contributed by atoms with Crippen LogP contribution < -0.4 is 5.32 Å². The first-order valence-corrected chi connectivity index (χ1v) is 3.88. The van der Waals surface area contributed by atoms with Crippen LogP contribution in [-0.4, -0.2) is 36.5 Å². The molecule has 0 bridgehead atoms. The monoisotopic (exact) mass is 154 g/mol. The van der Waals surface area contributed by atoms with Crippen LogP contribution in [0.2, 0.25) is 0 Å². The second-order valence-corrected chi connectivity index (χ2v) is 2.84. The summed E-state index contributed by atoms with van der Waals surface area (Å²) in [5.41, 5.74) is 0. The molecule has 1 fully saturated rings. The minimum absolute atomic E-state index is 0.0401. The molecule has 0 saturated carbocycles. The van der Waals surface area contributed by atoms with Crippen LogP contribution in [0.5, 0.6) is 0 Å². The molecule has 1 atom stereocenters. The van der Waals surface area contributed by atoms with Crippen LogP contribution in [0.15, 0.2) is 12.7 Å². The molecule has 11 heavy (non-hydrogen) atoms. The third-order valence-electron chi connectivity index (χ3n) is 1.86. The number of hydrogen-bond donors (Lipinski definition) is 1. The maximum atomic E-state index is 11.1. The Bertz CT molecular complexity index is 167. The number of amides is 1. The highest BCUT2D eigenvalue weighted by atomic mass is 16.2. The lowest BCUT2D eigenvalue weighted by Crippen LogP contribution is -2.50. The van der Waals surface area contributed by atoms with Gasteiger partial charge in [-0.2, -0.15) is 0 Å². The molecule has 0 unspecified atom stereocenters. The molecule has 1 saturated heterocycles. The van der Waals surface area contributed by atoms with Crippen LogP contribution >= 0.6 is 0 Å². The number of hydrogen-bond acceptors (Lipinski definition) is 2. The van der Waals surface area contributed by atoms with Crippen LogP contribution in [-0.2, 0) is 4.79 Å². The second kappa shape index (κ2) is 3.53. The van der Waals surface area contributed by atoms with Gasteiger partial charge in [-0.15, -0.1) is 0 Å². The zero-order valence-corrected chi connectivity index (χ0v) is 6.84. The van der Waals surface area contributed by atoms with Gasteiger partial charge in [0, 0.05) is 25.7 Å². The molecule has 0 aromatic rings. The molecular weight excluding hydrogens is 140 g/mol.